The smallest absolute Gasteiger partial charge is 0.291 e. The van der Waals surface area contributed by atoms with E-state index in [1.165, 1.54) is 4.68 Å². The lowest BCUT2D eigenvalue weighted by molar-refractivity contribution is -0.121. The molecule has 3 aromatic rings. The second-order valence-corrected chi connectivity index (χ2v) is 6.11. The van der Waals surface area contributed by atoms with E-state index in [-0.39, 0.29) is 11.5 Å². The van der Waals surface area contributed by atoms with Gasteiger partial charge in [-0.05, 0) is 26.7 Å². The van der Waals surface area contributed by atoms with E-state index < -0.39 is 0 Å². The summed E-state index contributed by atoms with van der Waals surface area (Å²) in [5, 5.41) is 7.23. The first-order valence-corrected chi connectivity index (χ1v) is 8.92. The zero-order chi connectivity index (χ0) is 18.5. The van der Waals surface area contributed by atoms with Crippen molar-refractivity contribution in [2.75, 3.05) is 19.8 Å². The fourth-order valence-electron chi connectivity index (χ4n) is 3.00. The normalized spacial score (nSPS) is 11.5. The number of aromatic nitrogens is 3. The monoisotopic (exact) mass is 360 g/mol. The first-order chi connectivity index (χ1) is 12.6. The Hall–Kier alpha value is -2.61. The summed E-state index contributed by atoms with van der Waals surface area (Å²) >= 11 is 0. The molecule has 0 saturated carbocycles. The molecule has 3 aromatic heterocycles. The predicted molar refractivity (Wildman–Crippen MR) is 97.3 cm³/mol. The zero-order valence-corrected chi connectivity index (χ0v) is 15.2. The molecule has 0 aliphatic rings. The van der Waals surface area contributed by atoms with Crippen molar-refractivity contribution in [1.29, 1.82) is 0 Å². The largest absolute Gasteiger partial charge is 0.463 e. The molecule has 0 bridgehead atoms. The van der Waals surface area contributed by atoms with Gasteiger partial charge in [0, 0.05) is 44.9 Å². The summed E-state index contributed by atoms with van der Waals surface area (Å²) < 4.78 is 13.8. The molecule has 8 nitrogen and oxygen atoms in total. The summed E-state index contributed by atoms with van der Waals surface area (Å²) in [5.74, 6) is 0.684. The molecule has 26 heavy (non-hydrogen) atoms. The fraction of sp³-hybridized carbons (Fsp3) is 0.500. The van der Waals surface area contributed by atoms with Gasteiger partial charge in [0.25, 0.3) is 5.56 Å². The molecule has 1 amide bonds. The van der Waals surface area contributed by atoms with Crippen LogP contribution in [-0.2, 0) is 16.1 Å². The minimum atomic E-state index is -0.181. The summed E-state index contributed by atoms with van der Waals surface area (Å²) in [6.45, 7) is 6.13. The van der Waals surface area contributed by atoms with Gasteiger partial charge in [0.15, 0.2) is 5.58 Å². The van der Waals surface area contributed by atoms with Gasteiger partial charge in [0.05, 0.1) is 11.8 Å². The number of fused-ring (bicyclic) bond motifs is 3. The fourth-order valence-corrected chi connectivity index (χ4v) is 3.00. The lowest BCUT2D eigenvalue weighted by atomic mass is 10.3. The highest BCUT2D eigenvalue weighted by atomic mass is 16.5. The van der Waals surface area contributed by atoms with Crippen LogP contribution in [0.3, 0.4) is 0 Å². The lowest BCUT2D eigenvalue weighted by Gasteiger charge is -2.09. The number of carbonyl (C=O) groups excluding carboxylic acids is 1. The summed E-state index contributed by atoms with van der Waals surface area (Å²) in [6, 6.07) is 3.55. The van der Waals surface area contributed by atoms with E-state index in [1.54, 1.807) is 16.7 Å². The van der Waals surface area contributed by atoms with Crippen LogP contribution < -0.4 is 10.9 Å². The van der Waals surface area contributed by atoms with Crippen LogP contribution in [0.4, 0.5) is 0 Å². The number of aryl methyl sites for hydroxylation is 2. The number of carbonyl (C=O) groups is 1. The molecule has 1 N–H and O–H groups in total. The molecule has 0 unspecified atom stereocenters. The lowest BCUT2D eigenvalue weighted by Crippen LogP contribution is -2.28. The maximum absolute atomic E-state index is 12.6. The average Bonchev–Trinajstić information content (AvgIpc) is 3.20. The Morgan fingerprint density at radius 1 is 1.35 bits per heavy atom. The van der Waals surface area contributed by atoms with E-state index in [4.69, 9.17) is 9.15 Å². The van der Waals surface area contributed by atoms with Crippen LogP contribution in [0, 0.1) is 6.92 Å². The molecule has 0 aliphatic carbocycles. The van der Waals surface area contributed by atoms with Crippen LogP contribution in [0.1, 0.15) is 32.0 Å². The third-order valence-electron chi connectivity index (χ3n) is 4.23. The van der Waals surface area contributed by atoms with Gasteiger partial charge in [-0.1, -0.05) is 0 Å². The van der Waals surface area contributed by atoms with Gasteiger partial charge in [-0.2, -0.15) is 5.10 Å². The van der Waals surface area contributed by atoms with Gasteiger partial charge >= 0.3 is 0 Å². The topological polar surface area (TPSA) is 90.8 Å². The Bertz CT molecular complexity index is 953. The van der Waals surface area contributed by atoms with Crippen molar-refractivity contribution in [1.82, 2.24) is 19.5 Å². The average molecular weight is 360 g/mol. The van der Waals surface area contributed by atoms with Gasteiger partial charge in [0.2, 0.25) is 5.91 Å². The number of ether oxygens (including phenoxy) is 1. The first kappa shape index (κ1) is 18.2. The van der Waals surface area contributed by atoms with E-state index in [0.717, 1.165) is 11.9 Å². The van der Waals surface area contributed by atoms with Gasteiger partial charge < -0.3 is 14.5 Å². The number of hydrogen-bond acceptors (Lipinski definition) is 5. The number of nitrogens with zero attached hydrogens (tertiary/aromatic N) is 3. The van der Waals surface area contributed by atoms with Crippen molar-refractivity contribution < 1.29 is 13.9 Å². The Balaban J connectivity index is 1.58. The van der Waals surface area contributed by atoms with E-state index in [9.17, 15) is 9.59 Å². The van der Waals surface area contributed by atoms with Crippen LogP contribution in [0.15, 0.2) is 27.6 Å². The maximum atomic E-state index is 12.6. The summed E-state index contributed by atoms with van der Waals surface area (Å²) in [7, 11) is 0. The third kappa shape index (κ3) is 3.80. The SMILES string of the molecule is CCOCCCNC(=O)CCCn1nc(C)n2c(cc3occc32)c1=O. The van der Waals surface area contributed by atoms with Crippen LogP contribution in [0.5, 0.6) is 0 Å². The van der Waals surface area contributed by atoms with Crippen molar-refractivity contribution >= 4 is 22.5 Å². The van der Waals surface area contributed by atoms with Crippen molar-refractivity contribution in [3.05, 3.63) is 34.6 Å². The minimum absolute atomic E-state index is 0.0208. The van der Waals surface area contributed by atoms with E-state index >= 15 is 0 Å². The molecular weight excluding hydrogens is 336 g/mol. The molecule has 0 atom stereocenters. The summed E-state index contributed by atoms with van der Waals surface area (Å²) in [5.41, 5.74) is 1.85. The van der Waals surface area contributed by atoms with Crippen LogP contribution >= 0.6 is 0 Å². The molecule has 0 aliphatic heterocycles. The van der Waals surface area contributed by atoms with E-state index in [0.29, 0.717) is 56.1 Å². The van der Waals surface area contributed by atoms with Crippen molar-refractivity contribution in [3.63, 3.8) is 0 Å². The number of nitrogens with one attached hydrogen (secondary N) is 1. The standard InChI is InChI=1S/C18H24N4O4/c1-3-25-10-5-8-19-17(23)6-4-9-21-18(24)15-12-16-14(7-11-26-16)22(15)13(2)20-21/h7,11-12H,3-6,8-10H2,1-2H3,(H,19,23). The van der Waals surface area contributed by atoms with Gasteiger partial charge in [0.1, 0.15) is 11.3 Å². The molecule has 0 spiro atoms. The third-order valence-corrected chi connectivity index (χ3v) is 4.23. The number of furan rings is 1. The summed E-state index contributed by atoms with van der Waals surface area (Å²) in [4.78, 5) is 24.5. The number of rotatable bonds is 9. The van der Waals surface area contributed by atoms with Crippen LogP contribution in [-0.4, -0.2) is 39.8 Å². The van der Waals surface area contributed by atoms with Crippen molar-refractivity contribution in [2.45, 2.75) is 39.7 Å². The zero-order valence-electron chi connectivity index (χ0n) is 15.2. The number of amides is 1. The highest BCUT2D eigenvalue weighted by Crippen LogP contribution is 2.19. The molecule has 3 heterocycles. The molecule has 140 valence electrons. The molecule has 0 radical (unpaired) electrons. The van der Waals surface area contributed by atoms with Crippen LogP contribution in [0.25, 0.3) is 16.6 Å². The number of hydrogen-bond donors (Lipinski definition) is 1. The molecule has 0 fully saturated rings. The second kappa shape index (κ2) is 8.18. The van der Waals surface area contributed by atoms with Gasteiger partial charge in [-0.15, -0.1) is 0 Å². The molecule has 0 saturated heterocycles. The molecule has 8 heteroatoms. The summed E-state index contributed by atoms with van der Waals surface area (Å²) in [6.07, 6.45) is 3.30. The van der Waals surface area contributed by atoms with Crippen molar-refractivity contribution in [2.24, 2.45) is 0 Å². The highest BCUT2D eigenvalue weighted by molar-refractivity contribution is 5.82. The first-order valence-electron chi connectivity index (χ1n) is 8.92. The molecule has 0 aromatic carbocycles. The highest BCUT2D eigenvalue weighted by Gasteiger charge is 2.13. The van der Waals surface area contributed by atoms with Crippen molar-refractivity contribution in [3.8, 4) is 0 Å². The molecule has 3 rings (SSSR count). The minimum Gasteiger partial charge on any atom is -0.463 e. The van der Waals surface area contributed by atoms with E-state index in [2.05, 4.69) is 10.4 Å². The maximum Gasteiger partial charge on any atom is 0.291 e. The quantitative estimate of drug-likeness (QED) is 0.588. The van der Waals surface area contributed by atoms with E-state index in [1.807, 2.05) is 19.9 Å². The Kier molecular flexibility index (Phi) is 5.72. The molecular formula is C18H24N4O4. The van der Waals surface area contributed by atoms with Gasteiger partial charge in [-0.25, -0.2) is 4.68 Å². The predicted octanol–water partition coefficient (Wildman–Crippen LogP) is 1.87. The van der Waals surface area contributed by atoms with Gasteiger partial charge in [-0.3, -0.25) is 14.0 Å². The Morgan fingerprint density at radius 2 is 2.19 bits per heavy atom. The second-order valence-electron chi connectivity index (χ2n) is 6.11. The Labute approximate surface area is 150 Å². The van der Waals surface area contributed by atoms with Crippen LogP contribution in [0.2, 0.25) is 0 Å². The Morgan fingerprint density at radius 3 is 3.00 bits per heavy atom.